The van der Waals surface area contributed by atoms with Crippen molar-refractivity contribution in [1.29, 1.82) is 0 Å². The molecule has 0 bridgehead atoms. The van der Waals surface area contributed by atoms with E-state index >= 15 is 0 Å². The monoisotopic (exact) mass is 289 g/mol. The topological polar surface area (TPSA) is 0 Å². The molecule has 0 saturated heterocycles. The van der Waals surface area contributed by atoms with E-state index < -0.39 is 0 Å². The molecule has 0 fully saturated rings. The molecule has 0 nitrogen and oxygen atoms in total. The Hall–Kier alpha value is 0.363. The Morgan fingerprint density at radius 1 is 1.57 bits per heavy atom. The van der Waals surface area contributed by atoms with Gasteiger partial charge in [-0.05, 0) is 0 Å². The summed E-state index contributed by atoms with van der Waals surface area (Å²) in [6.07, 6.45) is 5.35. The molecular formula is C6H8Bi. The summed E-state index contributed by atoms with van der Waals surface area (Å²) in [5, 5.41) is 0. The minimum atomic E-state index is -0.373. The van der Waals surface area contributed by atoms with Crippen LogP contribution >= 0.6 is 0 Å². The van der Waals surface area contributed by atoms with Crippen molar-refractivity contribution in [2.45, 2.75) is 13.8 Å². The molecule has 7 heavy (non-hydrogen) atoms. The van der Waals surface area contributed by atoms with Gasteiger partial charge in [0, 0.05) is 0 Å². The normalized spacial score (nSPS) is 19.1. The summed E-state index contributed by atoms with van der Waals surface area (Å²) in [6, 6.07) is 0. The molecule has 0 amide bonds. The Bertz CT molecular complexity index is 115. The molecular weight excluding hydrogens is 281 g/mol. The fourth-order valence-electron chi connectivity index (χ4n) is 0.584. The van der Waals surface area contributed by atoms with Crippen molar-refractivity contribution in [3.8, 4) is 0 Å². The Balaban J connectivity index is 2.61. The van der Waals surface area contributed by atoms with Crippen LogP contribution in [0.3, 0.4) is 0 Å². The van der Waals surface area contributed by atoms with Gasteiger partial charge in [-0.3, -0.25) is 0 Å². The summed E-state index contributed by atoms with van der Waals surface area (Å²) in [6.45, 7) is 4.41. The van der Waals surface area contributed by atoms with Crippen LogP contribution in [0.4, 0.5) is 0 Å². The fraction of sp³-hybridized carbons (Fsp3) is 0.333. The van der Waals surface area contributed by atoms with Crippen molar-refractivity contribution in [1.82, 2.24) is 0 Å². The summed E-state index contributed by atoms with van der Waals surface area (Å²) in [7, 11) is 0. The van der Waals surface area contributed by atoms with Crippen LogP contribution in [0.5, 0.6) is 0 Å². The first-order valence-electron chi connectivity index (χ1n) is 2.33. The summed E-state index contributed by atoms with van der Waals surface area (Å²) < 4.78 is 3.18. The van der Waals surface area contributed by atoms with Crippen molar-refractivity contribution in [3.63, 3.8) is 0 Å². The molecule has 0 aromatic rings. The van der Waals surface area contributed by atoms with E-state index in [4.69, 9.17) is 0 Å². The first-order valence-corrected chi connectivity index (χ1v) is 6.21. The Kier molecular flexibility index (Phi) is 1.64. The van der Waals surface area contributed by atoms with Crippen molar-refractivity contribution in [2.75, 3.05) is 0 Å². The van der Waals surface area contributed by atoms with Crippen LogP contribution in [0.1, 0.15) is 13.8 Å². The van der Waals surface area contributed by atoms with E-state index in [2.05, 4.69) is 26.0 Å². The van der Waals surface area contributed by atoms with Crippen LogP contribution < -0.4 is 0 Å². The van der Waals surface area contributed by atoms with Gasteiger partial charge in [0.2, 0.25) is 0 Å². The molecule has 1 rings (SSSR count). The van der Waals surface area contributed by atoms with Gasteiger partial charge in [0.25, 0.3) is 0 Å². The number of hydrogen-bond acceptors (Lipinski definition) is 0. The van der Waals surface area contributed by atoms with E-state index in [0.29, 0.717) is 0 Å². The number of rotatable bonds is 0. The third-order valence-electron chi connectivity index (χ3n) is 0.890. The van der Waals surface area contributed by atoms with Gasteiger partial charge in [-0.15, -0.1) is 0 Å². The second-order valence-corrected chi connectivity index (χ2v) is 8.68. The quantitative estimate of drug-likeness (QED) is 0.585. The van der Waals surface area contributed by atoms with Crippen LogP contribution in [-0.2, 0) is 0 Å². The standard InChI is InChI=1S/C6H7.Bi.H/c1-3-5-6-4-2;;/h5H,1-2H3;;. The molecule has 0 aliphatic carbocycles. The zero-order valence-corrected chi connectivity index (χ0v) is 8.46. The van der Waals surface area contributed by atoms with Gasteiger partial charge in [0.1, 0.15) is 0 Å². The van der Waals surface area contributed by atoms with Gasteiger partial charge in [0.15, 0.2) is 0 Å². The Morgan fingerprint density at radius 2 is 2.29 bits per heavy atom. The molecule has 1 radical (unpaired) electrons. The van der Waals surface area contributed by atoms with Crippen molar-refractivity contribution in [3.05, 3.63) is 18.7 Å². The van der Waals surface area contributed by atoms with Gasteiger partial charge >= 0.3 is 55.8 Å². The molecule has 0 N–H and O–H groups in total. The summed E-state index contributed by atoms with van der Waals surface area (Å²) in [5.41, 5.74) is 0. The Morgan fingerprint density at radius 3 is 2.43 bits per heavy atom. The van der Waals surface area contributed by atoms with E-state index in [9.17, 15) is 0 Å². The SMILES string of the molecule is C[C]1=[C]C=[C](C)[BiH]1. The zero-order chi connectivity index (χ0) is 5.28. The van der Waals surface area contributed by atoms with Crippen molar-refractivity contribution >= 4 is 23.2 Å². The molecule has 1 aliphatic rings. The van der Waals surface area contributed by atoms with Crippen LogP contribution in [0.15, 0.2) is 12.6 Å². The van der Waals surface area contributed by atoms with Gasteiger partial charge < -0.3 is 0 Å². The molecule has 0 aromatic heterocycles. The molecule has 1 heterocycles. The number of hydrogen-bond donors (Lipinski definition) is 0. The van der Waals surface area contributed by atoms with E-state index in [1.807, 2.05) is 0 Å². The summed E-state index contributed by atoms with van der Waals surface area (Å²) in [5.74, 6) is 0. The van der Waals surface area contributed by atoms with E-state index in [1.54, 1.807) is 6.56 Å². The molecule has 0 spiro atoms. The van der Waals surface area contributed by atoms with Crippen LogP contribution in [0.25, 0.3) is 0 Å². The number of allylic oxidation sites excluding steroid dienone is 4. The molecule has 0 aromatic carbocycles. The predicted molar refractivity (Wildman–Crippen MR) is 33.3 cm³/mol. The van der Waals surface area contributed by atoms with Crippen molar-refractivity contribution < 1.29 is 0 Å². The average molecular weight is 289 g/mol. The maximum absolute atomic E-state index is 3.21. The first-order chi connectivity index (χ1) is 3.29. The van der Waals surface area contributed by atoms with Crippen LogP contribution in [0.2, 0.25) is 0 Å². The molecule has 0 atom stereocenters. The molecule has 1 heteroatoms. The molecule has 1 aliphatic heterocycles. The Labute approximate surface area is 55.9 Å². The van der Waals surface area contributed by atoms with Crippen molar-refractivity contribution in [2.24, 2.45) is 0 Å². The minimum absolute atomic E-state index is 0.373. The summed E-state index contributed by atoms with van der Waals surface area (Å²) >= 11 is -0.373. The van der Waals surface area contributed by atoms with E-state index in [1.165, 1.54) is 0 Å². The third-order valence-corrected chi connectivity index (χ3v) is 5.00. The van der Waals surface area contributed by atoms with Gasteiger partial charge in [-0.25, -0.2) is 0 Å². The van der Waals surface area contributed by atoms with Crippen LogP contribution in [-0.4, -0.2) is 23.2 Å². The van der Waals surface area contributed by atoms with E-state index in [0.717, 1.165) is 0 Å². The molecule has 37 valence electrons. The second-order valence-electron chi connectivity index (χ2n) is 1.72. The third kappa shape index (κ3) is 1.38. The predicted octanol–water partition coefficient (Wildman–Crippen LogP) is 1.05. The average Bonchev–Trinajstić information content (AvgIpc) is 1.87. The van der Waals surface area contributed by atoms with Gasteiger partial charge in [-0.1, -0.05) is 0 Å². The molecule has 0 saturated carbocycles. The second kappa shape index (κ2) is 2.09. The van der Waals surface area contributed by atoms with Gasteiger partial charge in [-0.2, -0.15) is 0 Å². The van der Waals surface area contributed by atoms with Crippen LogP contribution in [0, 0.1) is 6.08 Å². The van der Waals surface area contributed by atoms with E-state index in [-0.39, 0.29) is 23.2 Å². The van der Waals surface area contributed by atoms with Gasteiger partial charge in [0.05, 0.1) is 0 Å². The molecule has 0 unspecified atom stereocenters. The summed E-state index contributed by atoms with van der Waals surface area (Å²) in [4.78, 5) is 0. The fourth-order valence-corrected chi connectivity index (χ4v) is 4.01. The first kappa shape index (κ1) is 5.50. The maximum atomic E-state index is 3.21. The zero-order valence-electron chi connectivity index (χ0n) is 4.58.